The minimum atomic E-state index is -0.452. The standard InChI is InChI=1S/C15H23ClN4O2/c1-4-11(17)9-20-12(14(21-5-2)22-6-3)7-10-8-18-15(16)19-13(10)20/h7-8,11,14H,4-6,9,17H2,1-3H3. The van der Waals surface area contributed by atoms with E-state index in [0.717, 1.165) is 23.1 Å². The molecule has 0 aromatic carbocycles. The highest BCUT2D eigenvalue weighted by molar-refractivity contribution is 6.28. The maximum absolute atomic E-state index is 6.13. The zero-order chi connectivity index (χ0) is 16.1. The first-order chi connectivity index (χ1) is 10.6. The van der Waals surface area contributed by atoms with Crippen molar-refractivity contribution in [3.63, 3.8) is 0 Å². The first kappa shape index (κ1) is 17.1. The van der Waals surface area contributed by atoms with Crippen molar-refractivity contribution in [2.45, 2.75) is 46.1 Å². The van der Waals surface area contributed by atoms with E-state index >= 15 is 0 Å². The quantitative estimate of drug-likeness (QED) is 0.596. The van der Waals surface area contributed by atoms with Gasteiger partial charge in [0.2, 0.25) is 5.28 Å². The number of aromatic nitrogens is 3. The predicted octanol–water partition coefficient (Wildman–Crippen LogP) is 2.89. The number of halogens is 1. The third-order valence-corrected chi connectivity index (χ3v) is 3.64. The van der Waals surface area contributed by atoms with Gasteiger partial charge in [0.15, 0.2) is 6.29 Å². The molecule has 2 aromatic heterocycles. The zero-order valence-corrected chi connectivity index (χ0v) is 14.0. The average molecular weight is 327 g/mol. The van der Waals surface area contributed by atoms with Gasteiger partial charge in [-0.2, -0.15) is 4.98 Å². The van der Waals surface area contributed by atoms with Gasteiger partial charge in [-0.1, -0.05) is 6.92 Å². The van der Waals surface area contributed by atoms with E-state index < -0.39 is 6.29 Å². The molecule has 0 aliphatic rings. The lowest BCUT2D eigenvalue weighted by Crippen LogP contribution is -2.27. The predicted molar refractivity (Wildman–Crippen MR) is 86.8 cm³/mol. The fourth-order valence-electron chi connectivity index (χ4n) is 2.31. The van der Waals surface area contributed by atoms with Crippen molar-refractivity contribution in [3.8, 4) is 0 Å². The number of hydrogen-bond acceptors (Lipinski definition) is 5. The van der Waals surface area contributed by atoms with E-state index in [9.17, 15) is 0 Å². The molecule has 6 nitrogen and oxygen atoms in total. The van der Waals surface area contributed by atoms with E-state index in [0.29, 0.717) is 19.8 Å². The van der Waals surface area contributed by atoms with Crippen LogP contribution in [0.3, 0.4) is 0 Å². The molecule has 2 heterocycles. The number of fused-ring (bicyclic) bond motifs is 1. The van der Waals surface area contributed by atoms with Gasteiger partial charge in [0, 0.05) is 37.4 Å². The van der Waals surface area contributed by atoms with Crippen molar-refractivity contribution in [2.75, 3.05) is 13.2 Å². The summed E-state index contributed by atoms with van der Waals surface area (Å²) >= 11 is 5.94. The Hall–Kier alpha value is -1.21. The summed E-state index contributed by atoms with van der Waals surface area (Å²) < 4.78 is 13.5. The first-order valence-electron chi connectivity index (χ1n) is 7.61. The van der Waals surface area contributed by atoms with Crippen LogP contribution in [0.5, 0.6) is 0 Å². The molecule has 2 aromatic rings. The lowest BCUT2D eigenvalue weighted by Gasteiger charge is -2.21. The first-order valence-corrected chi connectivity index (χ1v) is 7.98. The monoisotopic (exact) mass is 326 g/mol. The minimum absolute atomic E-state index is 0.0204. The molecule has 0 spiro atoms. The van der Waals surface area contributed by atoms with Crippen LogP contribution in [0.1, 0.15) is 39.2 Å². The fourth-order valence-corrected chi connectivity index (χ4v) is 2.44. The van der Waals surface area contributed by atoms with E-state index in [-0.39, 0.29) is 11.3 Å². The molecular weight excluding hydrogens is 304 g/mol. The third-order valence-electron chi connectivity index (χ3n) is 3.46. The van der Waals surface area contributed by atoms with Gasteiger partial charge in [0.1, 0.15) is 5.65 Å². The summed E-state index contributed by atoms with van der Waals surface area (Å²) in [6, 6.07) is 2.00. The molecule has 22 heavy (non-hydrogen) atoms. The van der Waals surface area contributed by atoms with E-state index in [1.807, 2.05) is 24.5 Å². The summed E-state index contributed by atoms with van der Waals surface area (Å²) in [5.74, 6) is 0. The van der Waals surface area contributed by atoms with Gasteiger partial charge in [-0.3, -0.25) is 0 Å². The maximum atomic E-state index is 6.13. The highest BCUT2D eigenvalue weighted by Crippen LogP contribution is 2.27. The van der Waals surface area contributed by atoms with Crippen LogP contribution in [0.25, 0.3) is 11.0 Å². The van der Waals surface area contributed by atoms with E-state index in [1.165, 1.54) is 0 Å². The van der Waals surface area contributed by atoms with Gasteiger partial charge in [-0.25, -0.2) is 4.98 Å². The molecule has 2 N–H and O–H groups in total. The SMILES string of the molecule is CCOC(OCC)c1cc2cnc(Cl)nc2n1CC(N)CC. The van der Waals surface area contributed by atoms with Gasteiger partial charge < -0.3 is 19.8 Å². The largest absolute Gasteiger partial charge is 0.347 e. The lowest BCUT2D eigenvalue weighted by molar-refractivity contribution is -0.144. The molecular formula is C15H23ClN4O2. The van der Waals surface area contributed by atoms with Crippen molar-refractivity contribution < 1.29 is 9.47 Å². The molecule has 0 radical (unpaired) electrons. The number of nitrogens with zero attached hydrogens (tertiary/aromatic N) is 3. The maximum Gasteiger partial charge on any atom is 0.224 e. The van der Waals surface area contributed by atoms with Gasteiger partial charge >= 0.3 is 0 Å². The molecule has 0 saturated heterocycles. The van der Waals surface area contributed by atoms with Crippen LogP contribution in [0.2, 0.25) is 5.28 Å². The van der Waals surface area contributed by atoms with E-state index in [2.05, 4.69) is 16.9 Å². The van der Waals surface area contributed by atoms with Crippen LogP contribution in [0.4, 0.5) is 0 Å². The molecule has 1 atom stereocenters. The Kier molecular flexibility index (Phi) is 6.14. The minimum Gasteiger partial charge on any atom is -0.347 e. The summed E-state index contributed by atoms with van der Waals surface area (Å²) in [5.41, 5.74) is 7.77. The van der Waals surface area contributed by atoms with Crippen molar-refractivity contribution in [1.29, 1.82) is 0 Å². The summed E-state index contributed by atoms with van der Waals surface area (Å²) in [5, 5.41) is 1.11. The van der Waals surface area contributed by atoms with Gasteiger partial charge in [-0.05, 0) is 37.9 Å². The van der Waals surface area contributed by atoms with Crippen LogP contribution >= 0.6 is 11.6 Å². The third kappa shape index (κ3) is 3.76. The fraction of sp³-hybridized carbons (Fsp3) is 0.600. The van der Waals surface area contributed by atoms with Gasteiger partial charge in [-0.15, -0.1) is 0 Å². The van der Waals surface area contributed by atoms with Crippen molar-refractivity contribution in [1.82, 2.24) is 14.5 Å². The highest BCUT2D eigenvalue weighted by Gasteiger charge is 2.21. The van der Waals surface area contributed by atoms with E-state index in [1.54, 1.807) is 6.20 Å². The highest BCUT2D eigenvalue weighted by atomic mass is 35.5. The topological polar surface area (TPSA) is 75.2 Å². The lowest BCUT2D eigenvalue weighted by atomic mass is 10.2. The van der Waals surface area contributed by atoms with Crippen LogP contribution in [0, 0.1) is 0 Å². The van der Waals surface area contributed by atoms with Gasteiger partial charge in [0.25, 0.3) is 0 Å². The molecule has 1 unspecified atom stereocenters. The molecule has 0 amide bonds. The molecule has 0 bridgehead atoms. The summed E-state index contributed by atoms with van der Waals surface area (Å²) in [7, 11) is 0. The normalized spacial score (nSPS) is 13.2. The summed E-state index contributed by atoms with van der Waals surface area (Å²) in [6.45, 7) is 7.66. The second-order valence-corrected chi connectivity index (χ2v) is 5.35. The summed E-state index contributed by atoms with van der Waals surface area (Å²) in [4.78, 5) is 8.38. The Morgan fingerprint density at radius 1 is 1.27 bits per heavy atom. The zero-order valence-electron chi connectivity index (χ0n) is 13.3. The van der Waals surface area contributed by atoms with Crippen LogP contribution in [-0.4, -0.2) is 33.8 Å². The molecule has 122 valence electrons. The Labute approximate surface area is 135 Å². The second kappa shape index (κ2) is 7.87. The van der Waals surface area contributed by atoms with E-state index in [4.69, 9.17) is 26.8 Å². The van der Waals surface area contributed by atoms with Crippen LogP contribution in [0.15, 0.2) is 12.3 Å². The Balaban J connectivity index is 2.52. The number of hydrogen-bond donors (Lipinski definition) is 1. The van der Waals surface area contributed by atoms with Crippen molar-refractivity contribution >= 4 is 22.6 Å². The Morgan fingerprint density at radius 2 is 1.95 bits per heavy atom. The second-order valence-electron chi connectivity index (χ2n) is 5.01. The van der Waals surface area contributed by atoms with Crippen LogP contribution < -0.4 is 5.73 Å². The molecule has 0 aliphatic carbocycles. The number of nitrogens with two attached hydrogens (primary N) is 1. The molecule has 0 saturated carbocycles. The Bertz CT molecular complexity index is 611. The van der Waals surface area contributed by atoms with Crippen LogP contribution in [-0.2, 0) is 16.0 Å². The smallest absolute Gasteiger partial charge is 0.224 e. The summed E-state index contributed by atoms with van der Waals surface area (Å²) in [6.07, 6.45) is 2.12. The van der Waals surface area contributed by atoms with Crippen molar-refractivity contribution in [3.05, 3.63) is 23.2 Å². The van der Waals surface area contributed by atoms with Crippen molar-refractivity contribution in [2.24, 2.45) is 5.73 Å². The molecule has 2 rings (SSSR count). The number of ether oxygens (including phenoxy) is 2. The molecule has 0 aliphatic heterocycles. The molecule has 7 heteroatoms. The number of rotatable bonds is 8. The van der Waals surface area contributed by atoms with Gasteiger partial charge in [0.05, 0.1) is 5.69 Å². The molecule has 0 fully saturated rings. The Morgan fingerprint density at radius 3 is 2.55 bits per heavy atom. The average Bonchev–Trinajstić information content (AvgIpc) is 2.85.